The Morgan fingerprint density at radius 2 is 1.81 bits per heavy atom. The first-order valence-electron chi connectivity index (χ1n) is 8.36. The molecule has 0 unspecified atom stereocenters. The van der Waals surface area contributed by atoms with E-state index in [0.717, 1.165) is 22.0 Å². The van der Waals surface area contributed by atoms with Gasteiger partial charge >= 0.3 is 5.97 Å². The van der Waals surface area contributed by atoms with Gasteiger partial charge in [-0.1, -0.05) is 48.0 Å². The third-order valence-electron chi connectivity index (χ3n) is 4.25. The average Bonchev–Trinajstić information content (AvgIpc) is 2.68. The number of aryl methyl sites for hydroxylation is 1. The number of esters is 1. The minimum atomic E-state index is -0.762. The monoisotopic (exact) mass is 348 g/mol. The number of hydrogen-bond donors (Lipinski definition) is 1. The van der Waals surface area contributed by atoms with Gasteiger partial charge in [-0.2, -0.15) is 0 Å². The standard InChI is InChI=1S/C21H20N2O3/c1-14-7-9-15(10-8-14)13-19(21(25)26-2)23-20(24)17-11-12-22-18-6-4-3-5-16(17)18/h3-12,19H,13H2,1-2H3,(H,23,24)/t19-/m1/s1. The van der Waals surface area contributed by atoms with Crippen LogP contribution in [0.4, 0.5) is 0 Å². The fraction of sp³-hybridized carbons (Fsp3) is 0.190. The van der Waals surface area contributed by atoms with Crippen LogP contribution in [0, 0.1) is 6.92 Å². The highest BCUT2D eigenvalue weighted by Crippen LogP contribution is 2.16. The van der Waals surface area contributed by atoms with E-state index in [1.54, 1.807) is 12.3 Å². The molecule has 1 heterocycles. The second-order valence-electron chi connectivity index (χ2n) is 6.11. The summed E-state index contributed by atoms with van der Waals surface area (Å²) in [6.07, 6.45) is 1.95. The molecule has 0 fully saturated rings. The lowest BCUT2D eigenvalue weighted by molar-refractivity contribution is -0.142. The van der Waals surface area contributed by atoms with E-state index < -0.39 is 12.0 Å². The molecular formula is C21H20N2O3. The molecule has 0 saturated heterocycles. The van der Waals surface area contributed by atoms with Gasteiger partial charge < -0.3 is 10.1 Å². The Hall–Kier alpha value is -3.21. The number of benzene rings is 2. The summed E-state index contributed by atoms with van der Waals surface area (Å²) in [5.74, 6) is -0.802. The number of carbonyl (C=O) groups is 2. The molecule has 0 aliphatic heterocycles. The molecule has 1 aromatic heterocycles. The van der Waals surface area contributed by atoms with Crippen molar-refractivity contribution in [3.05, 3.63) is 77.5 Å². The number of para-hydroxylation sites is 1. The van der Waals surface area contributed by atoms with Crippen LogP contribution in [-0.4, -0.2) is 30.0 Å². The van der Waals surface area contributed by atoms with Crippen LogP contribution in [0.1, 0.15) is 21.5 Å². The molecule has 0 aliphatic carbocycles. The summed E-state index contributed by atoms with van der Waals surface area (Å²) in [7, 11) is 1.32. The molecule has 3 aromatic rings. The first kappa shape index (κ1) is 17.6. The van der Waals surface area contributed by atoms with E-state index in [1.807, 2.05) is 55.5 Å². The topological polar surface area (TPSA) is 68.3 Å². The van der Waals surface area contributed by atoms with Crippen molar-refractivity contribution < 1.29 is 14.3 Å². The minimum absolute atomic E-state index is 0.328. The maximum atomic E-state index is 12.8. The van der Waals surface area contributed by atoms with E-state index in [2.05, 4.69) is 10.3 Å². The summed E-state index contributed by atoms with van der Waals surface area (Å²) >= 11 is 0. The number of amides is 1. The van der Waals surface area contributed by atoms with Gasteiger partial charge in [-0.3, -0.25) is 9.78 Å². The molecule has 1 atom stereocenters. The number of pyridine rings is 1. The third-order valence-corrected chi connectivity index (χ3v) is 4.25. The molecule has 0 spiro atoms. The number of carbonyl (C=O) groups excluding carboxylic acids is 2. The summed E-state index contributed by atoms with van der Waals surface area (Å²) in [5.41, 5.74) is 3.29. The number of fused-ring (bicyclic) bond motifs is 1. The van der Waals surface area contributed by atoms with Crippen molar-refractivity contribution in [2.75, 3.05) is 7.11 Å². The van der Waals surface area contributed by atoms with Gasteiger partial charge in [0.2, 0.25) is 0 Å². The molecule has 1 N–H and O–H groups in total. The van der Waals surface area contributed by atoms with Gasteiger partial charge in [-0.25, -0.2) is 4.79 Å². The highest BCUT2D eigenvalue weighted by atomic mass is 16.5. The summed E-state index contributed by atoms with van der Waals surface area (Å²) in [5, 5.41) is 3.54. The number of methoxy groups -OCH3 is 1. The summed E-state index contributed by atoms with van der Waals surface area (Å²) in [6.45, 7) is 2.00. The Labute approximate surface area is 152 Å². The zero-order chi connectivity index (χ0) is 18.5. The van der Waals surface area contributed by atoms with Crippen molar-refractivity contribution in [2.24, 2.45) is 0 Å². The fourth-order valence-electron chi connectivity index (χ4n) is 2.83. The molecular weight excluding hydrogens is 328 g/mol. The molecule has 0 aliphatic rings. The Morgan fingerprint density at radius 3 is 2.54 bits per heavy atom. The Bertz CT molecular complexity index is 930. The van der Waals surface area contributed by atoms with Crippen molar-refractivity contribution in [1.82, 2.24) is 10.3 Å². The summed E-state index contributed by atoms with van der Waals surface area (Å²) < 4.78 is 4.87. The Kier molecular flexibility index (Phi) is 5.27. The second-order valence-corrected chi connectivity index (χ2v) is 6.11. The fourth-order valence-corrected chi connectivity index (χ4v) is 2.83. The lowest BCUT2D eigenvalue weighted by Gasteiger charge is -2.17. The van der Waals surface area contributed by atoms with Gasteiger partial charge in [0.15, 0.2) is 0 Å². The number of rotatable bonds is 5. The first-order valence-corrected chi connectivity index (χ1v) is 8.36. The number of ether oxygens (including phenoxy) is 1. The average molecular weight is 348 g/mol. The van der Waals surface area contributed by atoms with Crippen LogP contribution in [0.2, 0.25) is 0 Å². The highest BCUT2D eigenvalue weighted by molar-refractivity contribution is 6.07. The van der Waals surface area contributed by atoms with Crippen LogP contribution in [0.3, 0.4) is 0 Å². The van der Waals surface area contributed by atoms with Crippen LogP contribution in [-0.2, 0) is 16.0 Å². The van der Waals surface area contributed by atoms with Crippen LogP contribution >= 0.6 is 0 Å². The minimum Gasteiger partial charge on any atom is -0.467 e. The molecule has 26 heavy (non-hydrogen) atoms. The van der Waals surface area contributed by atoms with Crippen LogP contribution in [0.15, 0.2) is 60.8 Å². The van der Waals surface area contributed by atoms with E-state index in [9.17, 15) is 9.59 Å². The normalized spacial score (nSPS) is 11.8. The van der Waals surface area contributed by atoms with E-state index in [1.165, 1.54) is 7.11 Å². The lowest BCUT2D eigenvalue weighted by Crippen LogP contribution is -2.43. The maximum Gasteiger partial charge on any atom is 0.328 e. The predicted molar refractivity (Wildman–Crippen MR) is 99.9 cm³/mol. The van der Waals surface area contributed by atoms with E-state index in [-0.39, 0.29) is 5.91 Å². The van der Waals surface area contributed by atoms with Gasteiger partial charge in [0, 0.05) is 18.0 Å². The first-order chi connectivity index (χ1) is 12.6. The molecule has 2 aromatic carbocycles. The van der Waals surface area contributed by atoms with Crippen LogP contribution < -0.4 is 5.32 Å². The number of aromatic nitrogens is 1. The Morgan fingerprint density at radius 1 is 1.08 bits per heavy atom. The highest BCUT2D eigenvalue weighted by Gasteiger charge is 2.23. The molecule has 5 nitrogen and oxygen atoms in total. The molecule has 3 rings (SSSR count). The van der Waals surface area contributed by atoms with Crippen molar-refractivity contribution in [3.8, 4) is 0 Å². The van der Waals surface area contributed by atoms with Crippen molar-refractivity contribution in [3.63, 3.8) is 0 Å². The zero-order valence-electron chi connectivity index (χ0n) is 14.7. The maximum absolute atomic E-state index is 12.8. The molecule has 0 bridgehead atoms. The molecule has 5 heteroatoms. The third kappa shape index (κ3) is 3.88. The molecule has 0 saturated carbocycles. The number of nitrogens with one attached hydrogen (secondary N) is 1. The van der Waals surface area contributed by atoms with Crippen molar-refractivity contribution >= 4 is 22.8 Å². The smallest absolute Gasteiger partial charge is 0.328 e. The van der Waals surface area contributed by atoms with Gasteiger partial charge in [0.25, 0.3) is 5.91 Å². The SMILES string of the molecule is COC(=O)[C@@H](Cc1ccc(C)cc1)NC(=O)c1ccnc2ccccc12. The van der Waals surface area contributed by atoms with Crippen LogP contribution in [0.5, 0.6) is 0 Å². The largest absolute Gasteiger partial charge is 0.467 e. The molecule has 1 amide bonds. The van der Waals surface area contributed by atoms with Crippen molar-refractivity contribution in [2.45, 2.75) is 19.4 Å². The number of nitrogens with zero attached hydrogens (tertiary/aromatic N) is 1. The number of hydrogen-bond acceptors (Lipinski definition) is 4. The zero-order valence-corrected chi connectivity index (χ0v) is 14.7. The van der Waals surface area contributed by atoms with E-state index >= 15 is 0 Å². The van der Waals surface area contributed by atoms with E-state index in [0.29, 0.717) is 12.0 Å². The summed E-state index contributed by atoms with van der Waals surface area (Å²) in [4.78, 5) is 29.2. The quantitative estimate of drug-likeness (QED) is 0.720. The lowest BCUT2D eigenvalue weighted by atomic mass is 10.0. The van der Waals surface area contributed by atoms with E-state index in [4.69, 9.17) is 4.74 Å². The summed E-state index contributed by atoms with van der Waals surface area (Å²) in [6, 6.07) is 16.1. The molecule has 0 radical (unpaired) electrons. The Balaban J connectivity index is 1.85. The van der Waals surface area contributed by atoms with Gasteiger partial charge in [-0.15, -0.1) is 0 Å². The second kappa shape index (κ2) is 7.78. The molecule has 132 valence electrons. The van der Waals surface area contributed by atoms with Gasteiger partial charge in [0.05, 0.1) is 18.2 Å². The van der Waals surface area contributed by atoms with Gasteiger partial charge in [0.1, 0.15) is 6.04 Å². The predicted octanol–water partition coefficient (Wildman–Crippen LogP) is 3.06. The van der Waals surface area contributed by atoms with Crippen LogP contribution in [0.25, 0.3) is 10.9 Å². The van der Waals surface area contributed by atoms with Gasteiger partial charge in [-0.05, 0) is 24.6 Å². The van der Waals surface area contributed by atoms with Crippen molar-refractivity contribution in [1.29, 1.82) is 0 Å².